The number of rotatable bonds is 10. The third-order valence-electron chi connectivity index (χ3n) is 6.97. The van der Waals surface area contributed by atoms with Crippen molar-refractivity contribution in [2.24, 2.45) is 0 Å². The lowest BCUT2D eigenvalue weighted by Crippen LogP contribution is -2.53. The summed E-state index contributed by atoms with van der Waals surface area (Å²) in [6.07, 6.45) is 2.70. The highest BCUT2D eigenvalue weighted by atomic mass is 35.5. The number of benzene rings is 1. The van der Waals surface area contributed by atoms with Crippen LogP contribution in [-0.2, 0) is 19.6 Å². The molecule has 4 heterocycles. The van der Waals surface area contributed by atoms with Crippen molar-refractivity contribution in [3.8, 4) is 5.75 Å². The maximum absolute atomic E-state index is 14.2. The van der Waals surface area contributed by atoms with Gasteiger partial charge in [0.15, 0.2) is 5.13 Å². The lowest BCUT2D eigenvalue weighted by molar-refractivity contribution is -0.123. The molecule has 0 bridgehead atoms. The minimum atomic E-state index is -3.86. The minimum Gasteiger partial charge on any atom is -0.494 e. The van der Waals surface area contributed by atoms with E-state index in [-0.39, 0.29) is 10.1 Å². The van der Waals surface area contributed by atoms with Gasteiger partial charge < -0.3 is 9.47 Å². The monoisotopic (exact) mass is 612 g/mol. The van der Waals surface area contributed by atoms with Crippen LogP contribution in [0.2, 0.25) is 4.34 Å². The zero-order valence-corrected chi connectivity index (χ0v) is 25.1. The number of hydrogen-bond acceptors (Lipinski definition) is 9. The number of carbonyl (C=O) groups excluding carboxylic acids is 1. The average Bonchev–Trinajstić information content (AvgIpc) is 3.58. The highest BCUT2D eigenvalue weighted by Gasteiger charge is 2.41. The molecule has 212 valence electrons. The summed E-state index contributed by atoms with van der Waals surface area (Å²) in [5, 5.41) is 0.577. The van der Waals surface area contributed by atoms with E-state index < -0.39 is 16.1 Å². The van der Waals surface area contributed by atoms with Crippen LogP contribution in [0.1, 0.15) is 32.6 Å². The Bertz CT molecular complexity index is 1390. The van der Waals surface area contributed by atoms with Crippen molar-refractivity contribution >= 4 is 65.6 Å². The molecule has 13 heteroatoms. The third-order valence-corrected chi connectivity index (χ3v) is 11.6. The van der Waals surface area contributed by atoms with Gasteiger partial charge in [0.05, 0.1) is 34.4 Å². The van der Waals surface area contributed by atoms with Gasteiger partial charge in [0.1, 0.15) is 16.0 Å². The van der Waals surface area contributed by atoms with E-state index in [4.69, 9.17) is 26.1 Å². The number of amides is 1. The molecule has 2 aromatic heterocycles. The van der Waals surface area contributed by atoms with Gasteiger partial charge in [-0.25, -0.2) is 13.4 Å². The zero-order chi connectivity index (χ0) is 27.4. The van der Waals surface area contributed by atoms with Gasteiger partial charge in [-0.1, -0.05) is 29.4 Å². The maximum atomic E-state index is 14.2. The SMILES string of the molecule is CCOc1ccc2nc(N(CCCN3CCOCC3)C(=O)C3CCCCN3S(=O)(=O)c3ccc(Cl)s3)sc2c1. The molecule has 2 fully saturated rings. The quantitative estimate of drug-likeness (QED) is 0.327. The van der Waals surface area contributed by atoms with Crippen LogP contribution in [0.15, 0.2) is 34.5 Å². The maximum Gasteiger partial charge on any atom is 0.253 e. The minimum absolute atomic E-state index is 0.162. The Labute approximate surface area is 242 Å². The van der Waals surface area contributed by atoms with Crippen molar-refractivity contribution < 1.29 is 22.7 Å². The fourth-order valence-electron chi connectivity index (χ4n) is 5.01. The van der Waals surface area contributed by atoms with Crippen LogP contribution in [-0.4, -0.2) is 87.1 Å². The molecule has 1 amide bonds. The Hall–Kier alpha value is -1.80. The number of piperidine rings is 1. The summed E-state index contributed by atoms with van der Waals surface area (Å²) < 4.78 is 41.2. The number of sulfonamides is 1. The molecule has 1 unspecified atom stereocenters. The molecule has 0 spiro atoms. The van der Waals surface area contributed by atoms with Crippen molar-refractivity contribution in [2.75, 3.05) is 57.4 Å². The normalized spacial score (nSPS) is 19.4. The molecule has 5 rings (SSSR count). The standard InChI is InChI=1S/C26H33ClN4O5S3/c1-2-36-19-7-8-20-22(18-19)37-26(28-20)30(12-5-11-29-14-16-35-17-15-29)25(32)21-6-3-4-13-31(21)39(33,34)24-10-9-23(27)38-24/h7-10,18,21H,2-6,11-17H2,1H3. The first kappa shape index (κ1) is 28.7. The Kier molecular flexibility index (Phi) is 9.42. The third kappa shape index (κ3) is 6.58. The molecule has 2 aliphatic heterocycles. The van der Waals surface area contributed by atoms with E-state index in [9.17, 15) is 13.2 Å². The number of aromatic nitrogens is 1. The van der Waals surface area contributed by atoms with Crippen LogP contribution in [0, 0.1) is 0 Å². The molecule has 39 heavy (non-hydrogen) atoms. The van der Waals surface area contributed by atoms with Crippen LogP contribution in [0.4, 0.5) is 5.13 Å². The number of hydrogen-bond donors (Lipinski definition) is 0. The van der Waals surface area contributed by atoms with Gasteiger partial charge in [-0.3, -0.25) is 14.6 Å². The molecule has 0 saturated carbocycles. The van der Waals surface area contributed by atoms with Crippen LogP contribution in [0.5, 0.6) is 5.75 Å². The number of carbonyl (C=O) groups is 1. The first-order chi connectivity index (χ1) is 18.9. The number of nitrogens with zero attached hydrogens (tertiary/aromatic N) is 4. The molecule has 1 aromatic carbocycles. The molecule has 3 aromatic rings. The van der Waals surface area contributed by atoms with Gasteiger partial charge in [0.25, 0.3) is 10.0 Å². The number of halogens is 1. The van der Waals surface area contributed by atoms with Crippen molar-refractivity contribution in [2.45, 2.75) is 42.9 Å². The van der Waals surface area contributed by atoms with Crippen LogP contribution >= 0.6 is 34.3 Å². The smallest absolute Gasteiger partial charge is 0.253 e. The van der Waals surface area contributed by atoms with E-state index >= 15 is 0 Å². The lowest BCUT2D eigenvalue weighted by atomic mass is 10.0. The fourth-order valence-corrected chi connectivity index (χ4v) is 9.30. The van der Waals surface area contributed by atoms with Gasteiger partial charge in [-0.2, -0.15) is 4.31 Å². The Balaban J connectivity index is 1.43. The average molecular weight is 613 g/mol. The van der Waals surface area contributed by atoms with Gasteiger partial charge in [-0.15, -0.1) is 11.3 Å². The number of anilines is 1. The zero-order valence-electron chi connectivity index (χ0n) is 21.9. The summed E-state index contributed by atoms with van der Waals surface area (Å²) in [6.45, 7) is 7.23. The topological polar surface area (TPSA) is 92.3 Å². The van der Waals surface area contributed by atoms with Crippen molar-refractivity contribution in [3.63, 3.8) is 0 Å². The highest BCUT2D eigenvalue weighted by Crippen LogP contribution is 2.35. The number of thiazole rings is 1. The second-order valence-electron chi connectivity index (χ2n) is 9.54. The Morgan fingerprint density at radius 2 is 2.00 bits per heavy atom. The molecule has 2 saturated heterocycles. The number of thiophene rings is 1. The molecule has 0 N–H and O–H groups in total. The molecule has 1 atom stereocenters. The summed E-state index contributed by atoms with van der Waals surface area (Å²) in [6, 6.07) is 8.01. The van der Waals surface area contributed by atoms with E-state index in [1.807, 2.05) is 25.1 Å². The number of morpholine rings is 1. The van der Waals surface area contributed by atoms with E-state index in [0.717, 1.165) is 59.8 Å². The van der Waals surface area contributed by atoms with Crippen LogP contribution < -0.4 is 9.64 Å². The summed E-state index contributed by atoms with van der Waals surface area (Å²) in [7, 11) is -3.86. The van der Waals surface area contributed by atoms with E-state index in [0.29, 0.717) is 55.2 Å². The Morgan fingerprint density at radius 1 is 1.18 bits per heavy atom. The molecule has 2 aliphatic rings. The summed E-state index contributed by atoms with van der Waals surface area (Å²) in [5.41, 5.74) is 0.783. The molecule has 9 nitrogen and oxygen atoms in total. The molecular weight excluding hydrogens is 580 g/mol. The largest absolute Gasteiger partial charge is 0.494 e. The first-order valence-electron chi connectivity index (χ1n) is 13.3. The van der Waals surface area contributed by atoms with E-state index in [2.05, 4.69) is 4.90 Å². The summed E-state index contributed by atoms with van der Waals surface area (Å²) >= 11 is 8.51. The summed E-state index contributed by atoms with van der Waals surface area (Å²) in [5.74, 6) is 0.525. The Morgan fingerprint density at radius 3 is 2.74 bits per heavy atom. The van der Waals surface area contributed by atoms with Crippen molar-refractivity contribution in [3.05, 3.63) is 34.7 Å². The summed E-state index contributed by atoms with van der Waals surface area (Å²) in [4.78, 5) is 23.1. The van der Waals surface area contributed by atoms with E-state index in [1.54, 1.807) is 11.0 Å². The molecule has 0 aliphatic carbocycles. The number of ether oxygens (including phenoxy) is 2. The molecule has 0 radical (unpaired) electrons. The first-order valence-corrected chi connectivity index (χ1v) is 16.7. The van der Waals surface area contributed by atoms with Crippen molar-refractivity contribution in [1.29, 1.82) is 0 Å². The molecular formula is C26H33ClN4O5S3. The van der Waals surface area contributed by atoms with Gasteiger partial charge in [-0.05, 0) is 56.5 Å². The highest BCUT2D eigenvalue weighted by molar-refractivity contribution is 7.91. The fraction of sp³-hybridized carbons (Fsp3) is 0.538. The van der Waals surface area contributed by atoms with Gasteiger partial charge >= 0.3 is 0 Å². The van der Waals surface area contributed by atoms with E-state index in [1.165, 1.54) is 21.7 Å². The predicted molar refractivity (Wildman–Crippen MR) is 156 cm³/mol. The lowest BCUT2D eigenvalue weighted by Gasteiger charge is -2.36. The number of fused-ring (bicyclic) bond motifs is 1. The van der Waals surface area contributed by atoms with Crippen LogP contribution in [0.3, 0.4) is 0 Å². The van der Waals surface area contributed by atoms with Gasteiger partial charge in [0.2, 0.25) is 5.91 Å². The second-order valence-corrected chi connectivity index (χ2v) is 14.4. The van der Waals surface area contributed by atoms with Gasteiger partial charge in [0, 0.05) is 32.7 Å². The van der Waals surface area contributed by atoms with Crippen LogP contribution in [0.25, 0.3) is 10.2 Å². The second kappa shape index (κ2) is 12.8. The predicted octanol–water partition coefficient (Wildman–Crippen LogP) is 4.71. The van der Waals surface area contributed by atoms with Crippen molar-refractivity contribution in [1.82, 2.24) is 14.2 Å².